The van der Waals surface area contributed by atoms with E-state index in [4.69, 9.17) is 0 Å². The quantitative estimate of drug-likeness (QED) is 0.415. The van der Waals surface area contributed by atoms with Crippen LogP contribution in [0.5, 0.6) is 0 Å². The number of sulfone groups is 1. The average molecular weight is 459 g/mol. The Hall–Kier alpha value is -2.39. The van der Waals surface area contributed by atoms with Crippen LogP contribution in [0.15, 0.2) is 35.5 Å². The lowest BCUT2D eigenvalue weighted by atomic mass is 10.1. The van der Waals surface area contributed by atoms with Crippen molar-refractivity contribution in [2.45, 2.75) is 38.4 Å². The molecule has 0 N–H and O–H groups in total. The van der Waals surface area contributed by atoms with Crippen LogP contribution in [0.4, 0.5) is 0 Å². The fraction of sp³-hybridized carbons (Fsp3) is 0.409. The predicted molar refractivity (Wildman–Crippen MR) is 122 cm³/mol. The number of ketones is 1. The van der Waals surface area contributed by atoms with Gasteiger partial charge in [-0.3, -0.25) is 4.79 Å². The van der Waals surface area contributed by atoms with Crippen LogP contribution in [0.3, 0.4) is 0 Å². The number of nitrogens with zero attached hydrogens (tertiary/aromatic N) is 4. The van der Waals surface area contributed by atoms with Crippen molar-refractivity contribution in [3.05, 3.63) is 52.8 Å². The summed E-state index contributed by atoms with van der Waals surface area (Å²) in [5, 5.41) is 9.22. The first kappa shape index (κ1) is 21.8. The number of rotatable bonds is 6. The van der Waals surface area contributed by atoms with Crippen molar-refractivity contribution < 1.29 is 13.2 Å². The van der Waals surface area contributed by atoms with Gasteiger partial charge in [-0.1, -0.05) is 41.6 Å². The Kier molecular flexibility index (Phi) is 5.83. The molecule has 0 saturated carbocycles. The molecular formula is C22H26N4O3S2. The minimum Gasteiger partial charge on any atom is -0.344 e. The van der Waals surface area contributed by atoms with Gasteiger partial charge in [0, 0.05) is 35.6 Å². The highest BCUT2D eigenvalue weighted by molar-refractivity contribution is 7.99. The molecule has 0 bridgehead atoms. The summed E-state index contributed by atoms with van der Waals surface area (Å²) < 4.78 is 27.7. The lowest BCUT2D eigenvalue weighted by Gasteiger charge is -2.16. The molecule has 3 heterocycles. The van der Waals surface area contributed by atoms with Gasteiger partial charge in [0.2, 0.25) is 0 Å². The van der Waals surface area contributed by atoms with Gasteiger partial charge in [0.1, 0.15) is 0 Å². The summed E-state index contributed by atoms with van der Waals surface area (Å²) >= 11 is 1.36. The number of aromatic nitrogens is 4. The molecule has 0 amide bonds. The Morgan fingerprint density at radius 2 is 1.87 bits per heavy atom. The van der Waals surface area contributed by atoms with E-state index in [0.29, 0.717) is 17.1 Å². The second kappa shape index (κ2) is 8.27. The summed E-state index contributed by atoms with van der Waals surface area (Å²) in [6, 6.07) is 9.87. The number of aryl methyl sites for hydroxylation is 2. The van der Waals surface area contributed by atoms with Crippen LogP contribution in [0.1, 0.15) is 39.8 Å². The number of benzene rings is 1. The number of thioether (sulfide) groups is 1. The number of carbonyl (C=O) groups is 1. The van der Waals surface area contributed by atoms with E-state index in [2.05, 4.69) is 10.2 Å². The maximum absolute atomic E-state index is 13.0. The third-order valence-electron chi connectivity index (χ3n) is 5.84. The lowest BCUT2D eigenvalue weighted by molar-refractivity contribution is 0.102. The summed E-state index contributed by atoms with van der Waals surface area (Å²) in [6.07, 6.45) is 0.599. The molecule has 1 saturated heterocycles. The Balaban J connectivity index is 1.49. The standard InChI is InChI=1S/C22H26N4O3S2/c1-14-5-7-17(8-6-14)21-23-24-22(25(21)4)30-12-20(27)19-11-15(2)26(16(19)3)18-9-10-31(28,29)13-18/h5-8,11,18H,9-10,12-13H2,1-4H3/t18-/m1/s1. The summed E-state index contributed by atoms with van der Waals surface area (Å²) in [6.45, 7) is 5.86. The second-order valence-corrected chi connectivity index (χ2v) is 11.3. The van der Waals surface area contributed by atoms with Crippen molar-refractivity contribution in [1.82, 2.24) is 19.3 Å². The Bertz CT molecular complexity index is 1240. The molecule has 4 rings (SSSR count). The third kappa shape index (κ3) is 4.34. The second-order valence-electron chi connectivity index (χ2n) is 8.15. The zero-order valence-corrected chi connectivity index (χ0v) is 19.8. The van der Waals surface area contributed by atoms with Gasteiger partial charge in [0.25, 0.3) is 0 Å². The van der Waals surface area contributed by atoms with E-state index < -0.39 is 9.84 Å². The highest BCUT2D eigenvalue weighted by Crippen LogP contribution is 2.30. The van der Waals surface area contributed by atoms with Gasteiger partial charge in [-0.15, -0.1) is 10.2 Å². The van der Waals surface area contributed by atoms with Gasteiger partial charge < -0.3 is 9.13 Å². The topological polar surface area (TPSA) is 86.8 Å². The van der Waals surface area contributed by atoms with Crippen LogP contribution in [-0.4, -0.2) is 50.8 Å². The van der Waals surface area contributed by atoms with Crippen molar-refractivity contribution in [1.29, 1.82) is 0 Å². The first-order valence-electron chi connectivity index (χ1n) is 10.2. The van der Waals surface area contributed by atoms with Crippen molar-refractivity contribution in [2.75, 3.05) is 17.3 Å². The van der Waals surface area contributed by atoms with Gasteiger partial charge in [-0.05, 0) is 33.3 Å². The molecule has 2 aromatic heterocycles. The Morgan fingerprint density at radius 1 is 1.16 bits per heavy atom. The van der Waals surface area contributed by atoms with E-state index in [1.165, 1.54) is 17.3 Å². The van der Waals surface area contributed by atoms with E-state index in [9.17, 15) is 13.2 Å². The lowest BCUT2D eigenvalue weighted by Crippen LogP contribution is -2.14. The molecule has 0 radical (unpaired) electrons. The van der Waals surface area contributed by atoms with E-state index in [-0.39, 0.29) is 29.1 Å². The smallest absolute Gasteiger partial charge is 0.191 e. The van der Waals surface area contributed by atoms with Crippen molar-refractivity contribution in [2.24, 2.45) is 7.05 Å². The number of carbonyl (C=O) groups excluding carboxylic acids is 1. The molecule has 3 aromatic rings. The number of hydrogen-bond acceptors (Lipinski definition) is 6. The van der Waals surface area contributed by atoms with E-state index >= 15 is 0 Å². The van der Waals surface area contributed by atoms with Crippen LogP contribution in [0.25, 0.3) is 11.4 Å². The largest absolute Gasteiger partial charge is 0.344 e. The highest BCUT2D eigenvalue weighted by Gasteiger charge is 2.31. The summed E-state index contributed by atoms with van der Waals surface area (Å²) in [4.78, 5) is 13.0. The molecule has 0 unspecified atom stereocenters. The zero-order chi connectivity index (χ0) is 22.3. The first-order valence-corrected chi connectivity index (χ1v) is 13.0. The normalized spacial score (nSPS) is 17.9. The molecule has 1 aliphatic heterocycles. The van der Waals surface area contributed by atoms with Gasteiger partial charge in [0.05, 0.1) is 17.3 Å². The van der Waals surface area contributed by atoms with E-state index in [1.54, 1.807) is 0 Å². The fourth-order valence-electron chi connectivity index (χ4n) is 4.20. The molecule has 1 aromatic carbocycles. The minimum atomic E-state index is -2.99. The Morgan fingerprint density at radius 3 is 2.52 bits per heavy atom. The van der Waals surface area contributed by atoms with Crippen LogP contribution >= 0.6 is 11.8 Å². The molecule has 1 fully saturated rings. The Labute approximate surface area is 186 Å². The summed E-state index contributed by atoms with van der Waals surface area (Å²) in [5.41, 5.74) is 4.57. The molecule has 0 aliphatic carbocycles. The maximum atomic E-state index is 13.0. The van der Waals surface area contributed by atoms with Crippen LogP contribution in [0, 0.1) is 20.8 Å². The molecule has 7 nitrogen and oxygen atoms in total. The number of Topliss-reactive ketones (excluding diaryl/α,β-unsaturated/α-hetero) is 1. The fourth-order valence-corrected chi connectivity index (χ4v) is 6.70. The molecule has 0 spiro atoms. The molecule has 164 valence electrons. The molecule has 1 atom stereocenters. The molecule has 1 aliphatic rings. The summed E-state index contributed by atoms with van der Waals surface area (Å²) in [7, 11) is -1.09. The molecular weight excluding hydrogens is 432 g/mol. The van der Waals surface area contributed by atoms with E-state index in [1.807, 2.05) is 67.3 Å². The molecule has 9 heteroatoms. The molecule has 31 heavy (non-hydrogen) atoms. The number of hydrogen-bond donors (Lipinski definition) is 0. The van der Waals surface area contributed by atoms with Crippen molar-refractivity contribution in [3.63, 3.8) is 0 Å². The zero-order valence-electron chi connectivity index (χ0n) is 18.1. The maximum Gasteiger partial charge on any atom is 0.191 e. The average Bonchev–Trinajstić information content (AvgIpc) is 3.35. The van der Waals surface area contributed by atoms with Crippen LogP contribution < -0.4 is 0 Å². The van der Waals surface area contributed by atoms with Crippen molar-refractivity contribution in [3.8, 4) is 11.4 Å². The predicted octanol–water partition coefficient (Wildman–Crippen LogP) is 3.54. The third-order valence-corrected chi connectivity index (χ3v) is 8.61. The highest BCUT2D eigenvalue weighted by atomic mass is 32.2. The monoisotopic (exact) mass is 458 g/mol. The minimum absolute atomic E-state index is 0.00471. The summed E-state index contributed by atoms with van der Waals surface area (Å²) in [5.74, 6) is 1.36. The van der Waals surface area contributed by atoms with E-state index in [0.717, 1.165) is 22.8 Å². The SMILES string of the molecule is Cc1ccc(-c2nnc(SCC(=O)c3cc(C)n([C@@H]4CCS(=O)(=O)C4)c3C)n2C)cc1. The van der Waals surface area contributed by atoms with Gasteiger partial charge in [-0.2, -0.15) is 0 Å². The van der Waals surface area contributed by atoms with Gasteiger partial charge in [-0.25, -0.2) is 8.42 Å². The van der Waals surface area contributed by atoms with Gasteiger partial charge >= 0.3 is 0 Å². The van der Waals surface area contributed by atoms with Crippen molar-refractivity contribution >= 4 is 27.4 Å². The van der Waals surface area contributed by atoms with Crippen LogP contribution in [-0.2, 0) is 16.9 Å². The van der Waals surface area contributed by atoms with Gasteiger partial charge in [0.15, 0.2) is 26.6 Å². The van der Waals surface area contributed by atoms with Crippen LogP contribution in [0.2, 0.25) is 0 Å². The first-order chi connectivity index (χ1) is 14.7.